The Balaban J connectivity index is 1.87. The number of aryl methyl sites for hydroxylation is 1. The van der Waals surface area contributed by atoms with Crippen LogP contribution in [0.2, 0.25) is 0 Å². The van der Waals surface area contributed by atoms with E-state index in [1.165, 1.54) is 0 Å². The molecule has 1 N–H and O–H groups in total. The number of benzene rings is 1. The van der Waals surface area contributed by atoms with Crippen LogP contribution in [0.25, 0.3) is 0 Å². The van der Waals surface area contributed by atoms with Gasteiger partial charge in [-0.15, -0.1) is 0 Å². The SMILES string of the molecule is Cc1ccc(C(OS(=O)O)[C@@H]2C[C@H]3C[C@H]3N2C(=O)OC(C)(C)C)cc1. The molecule has 1 aromatic rings. The summed E-state index contributed by atoms with van der Waals surface area (Å²) in [5.41, 5.74) is 1.29. The molecule has 1 saturated heterocycles. The van der Waals surface area contributed by atoms with Gasteiger partial charge >= 0.3 is 17.5 Å². The molecule has 0 spiro atoms. The van der Waals surface area contributed by atoms with Crippen LogP contribution in [0.1, 0.15) is 50.8 Å². The van der Waals surface area contributed by atoms with Gasteiger partial charge in [0, 0.05) is 6.04 Å². The Hall–Kier alpha value is -1.44. The first-order chi connectivity index (χ1) is 11.7. The van der Waals surface area contributed by atoms with Crippen molar-refractivity contribution in [2.24, 2.45) is 5.92 Å². The highest BCUT2D eigenvalue weighted by Gasteiger charge is 2.57. The topological polar surface area (TPSA) is 76.1 Å². The monoisotopic (exact) mass is 367 g/mol. The summed E-state index contributed by atoms with van der Waals surface area (Å²) in [6, 6.07) is 7.45. The van der Waals surface area contributed by atoms with Crippen LogP contribution in [-0.4, -0.2) is 37.4 Å². The number of ether oxygens (including phenoxy) is 1. The summed E-state index contributed by atoms with van der Waals surface area (Å²) in [5.74, 6) is 0.418. The van der Waals surface area contributed by atoms with E-state index in [1.807, 2.05) is 52.0 Å². The van der Waals surface area contributed by atoms with Crippen molar-refractivity contribution in [1.82, 2.24) is 4.90 Å². The van der Waals surface area contributed by atoms with Crippen molar-refractivity contribution in [2.45, 2.75) is 64.3 Å². The van der Waals surface area contributed by atoms with E-state index in [-0.39, 0.29) is 18.2 Å². The van der Waals surface area contributed by atoms with Crippen molar-refractivity contribution < 1.29 is 22.5 Å². The van der Waals surface area contributed by atoms with Crippen LogP contribution in [0.3, 0.4) is 0 Å². The van der Waals surface area contributed by atoms with Crippen LogP contribution in [0.4, 0.5) is 4.79 Å². The zero-order valence-electron chi connectivity index (χ0n) is 15.0. The summed E-state index contributed by atoms with van der Waals surface area (Å²) in [7, 11) is 0. The van der Waals surface area contributed by atoms with Gasteiger partial charge in [-0.3, -0.25) is 13.6 Å². The molecule has 1 saturated carbocycles. The maximum Gasteiger partial charge on any atom is 0.410 e. The summed E-state index contributed by atoms with van der Waals surface area (Å²) in [5, 5.41) is 0. The van der Waals surface area contributed by atoms with E-state index in [0.29, 0.717) is 5.92 Å². The minimum absolute atomic E-state index is 0.142. The van der Waals surface area contributed by atoms with Gasteiger partial charge in [-0.05, 0) is 52.0 Å². The number of rotatable bonds is 4. The zero-order valence-corrected chi connectivity index (χ0v) is 15.8. The summed E-state index contributed by atoms with van der Waals surface area (Å²) in [6.45, 7) is 7.47. The Kier molecular flexibility index (Phi) is 4.92. The fraction of sp³-hybridized carbons (Fsp3) is 0.611. The molecule has 1 aliphatic carbocycles. The molecule has 3 rings (SSSR count). The molecule has 1 aliphatic heterocycles. The number of hydrogen-bond donors (Lipinski definition) is 1. The van der Waals surface area contributed by atoms with E-state index < -0.39 is 23.1 Å². The Morgan fingerprint density at radius 3 is 2.48 bits per heavy atom. The van der Waals surface area contributed by atoms with Crippen LogP contribution in [-0.2, 0) is 20.3 Å². The molecule has 1 aromatic carbocycles. The molecule has 5 atom stereocenters. The van der Waals surface area contributed by atoms with E-state index in [2.05, 4.69) is 0 Å². The Morgan fingerprint density at radius 1 is 1.28 bits per heavy atom. The van der Waals surface area contributed by atoms with Gasteiger partial charge in [0.2, 0.25) is 0 Å². The Morgan fingerprint density at radius 2 is 1.92 bits per heavy atom. The van der Waals surface area contributed by atoms with Crippen LogP contribution in [0.5, 0.6) is 0 Å². The van der Waals surface area contributed by atoms with Gasteiger partial charge in [0.15, 0.2) is 0 Å². The van der Waals surface area contributed by atoms with E-state index >= 15 is 0 Å². The quantitative estimate of drug-likeness (QED) is 0.823. The lowest BCUT2D eigenvalue weighted by atomic mass is 9.98. The van der Waals surface area contributed by atoms with Gasteiger partial charge in [0.05, 0.1) is 6.04 Å². The second-order valence-electron chi connectivity index (χ2n) is 7.90. The van der Waals surface area contributed by atoms with Gasteiger partial charge in [-0.2, -0.15) is 4.21 Å². The maximum atomic E-state index is 12.7. The molecule has 25 heavy (non-hydrogen) atoms. The lowest BCUT2D eigenvalue weighted by molar-refractivity contribution is 0.00322. The summed E-state index contributed by atoms with van der Waals surface area (Å²) in [4.78, 5) is 14.4. The van der Waals surface area contributed by atoms with Gasteiger partial charge in [0.1, 0.15) is 11.7 Å². The molecule has 2 unspecified atom stereocenters. The fourth-order valence-electron chi connectivity index (χ4n) is 3.54. The lowest BCUT2D eigenvalue weighted by Crippen LogP contribution is -2.45. The van der Waals surface area contributed by atoms with E-state index in [9.17, 15) is 13.6 Å². The highest BCUT2D eigenvalue weighted by atomic mass is 32.2. The summed E-state index contributed by atoms with van der Waals surface area (Å²) >= 11 is -2.42. The van der Waals surface area contributed by atoms with Gasteiger partial charge in [-0.1, -0.05) is 29.8 Å². The van der Waals surface area contributed by atoms with Gasteiger partial charge < -0.3 is 4.74 Å². The fourth-order valence-corrected chi connectivity index (χ4v) is 3.95. The second kappa shape index (κ2) is 6.70. The first kappa shape index (κ1) is 18.4. The minimum atomic E-state index is -2.42. The summed E-state index contributed by atoms with van der Waals surface area (Å²) < 4.78 is 31.5. The van der Waals surface area contributed by atoms with Crippen molar-refractivity contribution in [3.63, 3.8) is 0 Å². The molecule has 0 bridgehead atoms. The van der Waals surface area contributed by atoms with E-state index in [1.54, 1.807) is 4.90 Å². The molecule has 1 heterocycles. The van der Waals surface area contributed by atoms with E-state index in [4.69, 9.17) is 8.92 Å². The average molecular weight is 367 g/mol. The van der Waals surface area contributed by atoms with Crippen LogP contribution < -0.4 is 0 Å². The molecule has 0 radical (unpaired) electrons. The Labute approximate surface area is 151 Å². The van der Waals surface area contributed by atoms with Crippen LogP contribution >= 0.6 is 0 Å². The molecular weight excluding hydrogens is 342 g/mol. The predicted octanol–water partition coefficient (Wildman–Crippen LogP) is 3.59. The number of piperidine rings is 1. The first-order valence-corrected chi connectivity index (χ1v) is 9.55. The number of amides is 1. The van der Waals surface area contributed by atoms with E-state index in [0.717, 1.165) is 24.0 Å². The number of carbonyl (C=O) groups excluding carboxylic acids is 1. The molecule has 0 aromatic heterocycles. The van der Waals surface area contributed by atoms with Crippen LogP contribution in [0.15, 0.2) is 24.3 Å². The van der Waals surface area contributed by atoms with Crippen molar-refractivity contribution in [3.8, 4) is 0 Å². The number of likely N-dealkylation sites (tertiary alicyclic amines) is 1. The normalized spacial score (nSPS) is 27.6. The molecule has 6 nitrogen and oxygen atoms in total. The third-order valence-electron chi connectivity index (χ3n) is 4.69. The first-order valence-electron chi connectivity index (χ1n) is 8.51. The molecule has 2 fully saturated rings. The third kappa shape index (κ3) is 4.22. The highest BCUT2D eigenvalue weighted by Crippen LogP contribution is 2.52. The predicted molar refractivity (Wildman–Crippen MR) is 94.1 cm³/mol. The van der Waals surface area contributed by atoms with Crippen molar-refractivity contribution in [2.75, 3.05) is 0 Å². The lowest BCUT2D eigenvalue weighted by Gasteiger charge is -2.34. The van der Waals surface area contributed by atoms with Gasteiger partial charge in [-0.25, -0.2) is 4.79 Å². The Bertz CT molecular complexity index is 669. The second-order valence-corrected chi connectivity index (χ2v) is 8.53. The highest BCUT2D eigenvalue weighted by molar-refractivity contribution is 7.74. The number of nitrogens with zero attached hydrogens (tertiary/aromatic N) is 1. The average Bonchev–Trinajstić information content (AvgIpc) is 3.14. The third-order valence-corrected chi connectivity index (χ3v) is 5.06. The van der Waals surface area contributed by atoms with Crippen LogP contribution in [0, 0.1) is 12.8 Å². The smallest absolute Gasteiger partial charge is 0.410 e. The van der Waals surface area contributed by atoms with Gasteiger partial charge in [0.25, 0.3) is 0 Å². The molecule has 1 amide bonds. The number of hydrogen-bond acceptors (Lipinski definition) is 4. The number of carbonyl (C=O) groups is 1. The van der Waals surface area contributed by atoms with Crippen molar-refractivity contribution >= 4 is 17.5 Å². The number of fused-ring (bicyclic) bond motifs is 1. The molecule has 7 heteroatoms. The maximum absolute atomic E-state index is 12.7. The largest absolute Gasteiger partial charge is 0.444 e. The zero-order chi connectivity index (χ0) is 18.4. The molecular formula is C18H25NO5S. The molecule has 138 valence electrons. The van der Waals surface area contributed by atoms with Crippen molar-refractivity contribution in [1.29, 1.82) is 0 Å². The van der Waals surface area contributed by atoms with Crippen molar-refractivity contribution in [3.05, 3.63) is 35.4 Å². The standard InChI is InChI=1S/C18H25NO5S/c1-11-5-7-12(8-6-11)16(24-25(21)22)15-10-13-9-14(13)19(15)17(20)23-18(2,3)4/h5-8,13-16H,9-10H2,1-4H3,(H,21,22)/t13-,14-,15+,16?/m1/s1. The molecule has 2 aliphatic rings. The summed E-state index contributed by atoms with van der Waals surface area (Å²) in [6.07, 6.45) is 0.664. The minimum Gasteiger partial charge on any atom is -0.444 e.